The molecule has 3 aromatic heterocycles. The van der Waals surface area contributed by atoms with E-state index in [0.717, 1.165) is 5.52 Å². The quantitative estimate of drug-likeness (QED) is 0.167. The molecule has 242 valence electrons. The van der Waals surface area contributed by atoms with Gasteiger partial charge in [-0.3, -0.25) is 4.98 Å². The highest BCUT2D eigenvalue weighted by molar-refractivity contribution is 7.68. The van der Waals surface area contributed by atoms with Crippen LogP contribution >= 0.6 is 15.1 Å². The number of aromatic nitrogens is 1. The third kappa shape index (κ3) is 4.41. The van der Waals surface area contributed by atoms with Crippen LogP contribution in [-0.2, 0) is 0 Å². The van der Waals surface area contributed by atoms with Gasteiger partial charge in [-0.2, -0.15) is 0 Å². The molecule has 2 unspecified atom stereocenters. The monoisotopic (exact) mass is 695 g/mol. The zero-order chi connectivity index (χ0) is 34.2. The predicted molar refractivity (Wildman–Crippen MR) is 228 cm³/mol. The van der Waals surface area contributed by atoms with Crippen molar-refractivity contribution in [3.05, 3.63) is 188 Å². The number of rotatable bonds is 4. The summed E-state index contributed by atoms with van der Waals surface area (Å²) < 4.78 is 0. The number of nitrogens with zero attached hydrogens (tertiary/aromatic N) is 1. The van der Waals surface area contributed by atoms with Gasteiger partial charge in [0.25, 0.3) is 0 Å². The minimum atomic E-state index is -0.611. The molecule has 52 heavy (non-hydrogen) atoms. The number of fused-ring (bicyclic) bond motifs is 8. The molecule has 0 aliphatic heterocycles. The van der Waals surface area contributed by atoms with Gasteiger partial charge in [0.15, 0.2) is 0 Å². The van der Waals surface area contributed by atoms with Crippen LogP contribution in [0.3, 0.4) is 0 Å². The van der Waals surface area contributed by atoms with E-state index in [1.54, 1.807) is 0 Å². The van der Waals surface area contributed by atoms with Gasteiger partial charge in [-0.1, -0.05) is 167 Å². The highest BCUT2D eigenvalue weighted by Gasteiger charge is 2.21. The van der Waals surface area contributed by atoms with Gasteiger partial charge in [-0.25, -0.2) is 0 Å². The Balaban J connectivity index is 1.18. The Bertz CT molecular complexity index is 2900. The summed E-state index contributed by atoms with van der Waals surface area (Å²) in [6.45, 7) is 0. The lowest BCUT2D eigenvalue weighted by Gasteiger charge is -2.17. The van der Waals surface area contributed by atoms with Gasteiger partial charge in [-0.15, -0.1) is 0 Å². The fourth-order valence-corrected chi connectivity index (χ4v) is 13.8. The summed E-state index contributed by atoms with van der Waals surface area (Å²) in [5, 5.41) is 17.6. The Morgan fingerprint density at radius 1 is 0.308 bits per heavy atom. The van der Waals surface area contributed by atoms with E-state index in [4.69, 9.17) is 4.98 Å². The van der Waals surface area contributed by atoms with Crippen molar-refractivity contribution in [3.8, 4) is 32.9 Å². The van der Waals surface area contributed by atoms with Crippen molar-refractivity contribution in [2.45, 2.75) is 0 Å². The van der Waals surface area contributed by atoms with Gasteiger partial charge in [0.2, 0.25) is 0 Å². The van der Waals surface area contributed by atoms with Crippen molar-refractivity contribution in [3.63, 3.8) is 0 Å². The normalized spacial score (nSPS) is 12.5. The molecule has 0 spiro atoms. The van der Waals surface area contributed by atoms with Crippen LogP contribution in [-0.4, -0.2) is 4.98 Å². The van der Waals surface area contributed by atoms with Crippen LogP contribution in [0.4, 0.5) is 0 Å². The molecule has 0 saturated carbocycles. The second-order valence-corrected chi connectivity index (χ2v) is 17.8. The summed E-state index contributed by atoms with van der Waals surface area (Å²) >= 11 is 0. The first-order valence-corrected chi connectivity index (χ1v) is 20.5. The van der Waals surface area contributed by atoms with E-state index >= 15 is 0 Å². The van der Waals surface area contributed by atoms with Crippen molar-refractivity contribution in [1.29, 1.82) is 0 Å². The van der Waals surface area contributed by atoms with E-state index in [2.05, 4.69) is 182 Å². The zero-order valence-electron chi connectivity index (χ0n) is 28.2. The molecule has 0 bridgehead atoms. The summed E-state index contributed by atoms with van der Waals surface area (Å²) in [4.78, 5) is 5.16. The average Bonchev–Trinajstić information content (AvgIpc) is 3.73. The van der Waals surface area contributed by atoms with Gasteiger partial charge in [0.05, 0.1) is 5.52 Å². The molecular weight excluding hydrogens is 664 g/mol. The Labute approximate surface area is 303 Å². The molecule has 8 aromatic carbocycles. The van der Waals surface area contributed by atoms with Crippen molar-refractivity contribution in [2.75, 3.05) is 0 Å². The lowest BCUT2D eigenvalue weighted by molar-refractivity contribution is 1.42. The molecule has 11 aromatic rings. The van der Waals surface area contributed by atoms with Gasteiger partial charge in [0, 0.05) is 37.6 Å². The highest BCUT2D eigenvalue weighted by atomic mass is 31.1. The van der Waals surface area contributed by atoms with E-state index in [1.807, 2.05) is 6.20 Å². The number of hydrogen-bond acceptors (Lipinski definition) is 1. The minimum absolute atomic E-state index is 0.608. The van der Waals surface area contributed by atoms with Crippen LogP contribution in [0.5, 0.6) is 0 Å². The number of pyridine rings is 1. The molecule has 0 N–H and O–H groups in total. The van der Waals surface area contributed by atoms with Gasteiger partial charge in [0.1, 0.15) is 0 Å². The summed E-state index contributed by atoms with van der Waals surface area (Å²) in [6, 6.07) is 67.7. The van der Waals surface area contributed by atoms with Gasteiger partial charge < -0.3 is 0 Å². The summed E-state index contributed by atoms with van der Waals surface area (Å²) in [5.41, 5.74) is 5.93. The molecule has 3 heterocycles. The zero-order valence-corrected chi connectivity index (χ0v) is 30.0. The van der Waals surface area contributed by atoms with E-state index in [0.29, 0.717) is 0 Å². The SMILES string of the molecule is c1ccc(-p2c3ccccc3c3cc(-c4c5ccccc5c(-c5ccc6c(c5)c5ccccc5p6-c5ccccc5)c5ncccc45)ccc32)cc1. The smallest absolute Gasteiger partial charge is 0.0792 e. The van der Waals surface area contributed by atoms with Crippen molar-refractivity contribution in [1.82, 2.24) is 4.98 Å². The molecule has 0 fully saturated rings. The van der Waals surface area contributed by atoms with Gasteiger partial charge >= 0.3 is 0 Å². The number of benzene rings is 8. The maximum absolute atomic E-state index is 5.16. The van der Waals surface area contributed by atoms with Crippen LogP contribution in [0.15, 0.2) is 188 Å². The first-order valence-electron chi connectivity index (χ1n) is 17.8. The van der Waals surface area contributed by atoms with Crippen molar-refractivity contribution >= 4 is 78.8 Å². The van der Waals surface area contributed by atoms with E-state index < -0.39 is 15.1 Å². The second kappa shape index (κ2) is 11.8. The maximum Gasteiger partial charge on any atom is 0.0792 e. The Morgan fingerprint density at radius 2 is 0.731 bits per heavy atom. The summed E-state index contributed by atoms with van der Waals surface area (Å²) in [6.07, 6.45) is 1.95. The molecular formula is C49H31NP2. The lowest BCUT2D eigenvalue weighted by atomic mass is 9.87. The average molecular weight is 696 g/mol. The molecule has 0 saturated heterocycles. The van der Waals surface area contributed by atoms with Gasteiger partial charge in [-0.05, 0) is 89.9 Å². The molecule has 2 atom stereocenters. The standard InChI is InChI=1S/C49H31NP2/c1-3-14-34(15-4-1)51-43-23-11-9-18-36(43)41-30-32(25-27-45(41)51)47-38-20-7-8-21-39(38)48(49-40(47)22-13-29-50-49)33-26-28-46-42(31-33)37-19-10-12-24-44(37)52(46)35-16-5-2-6-17-35/h1-31H. The molecule has 1 nitrogen and oxygen atoms in total. The van der Waals surface area contributed by atoms with Crippen LogP contribution in [0.25, 0.3) is 96.6 Å². The lowest BCUT2D eigenvalue weighted by Crippen LogP contribution is -1.92. The largest absolute Gasteiger partial charge is 0.256 e. The molecule has 0 aliphatic carbocycles. The fraction of sp³-hybridized carbons (Fsp3) is 0. The Kier molecular flexibility index (Phi) is 6.74. The first-order chi connectivity index (χ1) is 25.8. The minimum Gasteiger partial charge on any atom is -0.256 e. The van der Waals surface area contributed by atoms with Crippen LogP contribution in [0.2, 0.25) is 0 Å². The second-order valence-electron chi connectivity index (χ2n) is 13.5. The molecule has 0 radical (unpaired) electrons. The molecule has 0 aliphatic rings. The predicted octanol–water partition coefficient (Wildman–Crippen LogP) is 15.3. The first kappa shape index (κ1) is 29.7. The van der Waals surface area contributed by atoms with Crippen LogP contribution < -0.4 is 0 Å². The fourth-order valence-electron chi connectivity index (χ4n) is 8.57. The molecule has 11 rings (SSSR count). The van der Waals surface area contributed by atoms with Crippen LogP contribution in [0.1, 0.15) is 0 Å². The topological polar surface area (TPSA) is 12.9 Å². The third-order valence-electron chi connectivity index (χ3n) is 10.7. The van der Waals surface area contributed by atoms with E-state index in [-0.39, 0.29) is 0 Å². The van der Waals surface area contributed by atoms with Crippen molar-refractivity contribution < 1.29 is 0 Å². The third-order valence-corrected chi connectivity index (χ3v) is 15.8. The molecule has 0 amide bonds. The summed E-state index contributed by atoms with van der Waals surface area (Å²) in [5.74, 6) is 0. The van der Waals surface area contributed by atoms with Crippen molar-refractivity contribution in [2.24, 2.45) is 0 Å². The Hall–Kier alpha value is -5.97. The molecule has 3 heteroatoms. The highest BCUT2D eigenvalue weighted by Crippen LogP contribution is 2.57. The van der Waals surface area contributed by atoms with Crippen LogP contribution in [0, 0.1) is 0 Å². The van der Waals surface area contributed by atoms with E-state index in [1.165, 1.54) is 91.0 Å². The maximum atomic E-state index is 5.16. The van der Waals surface area contributed by atoms with E-state index in [9.17, 15) is 0 Å². The summed E-state index contributed by atoms with van der Waals surface area (Å²) in [7, 11) is -1.22. The number of hydrogen-bond donors (Lipinski definition) is 0. The Morgan fingerprint density at radius 3 is 1.29 bits per heavy atom.